The second kappa shape index (κ2) is 5.48. The minimum atomic E-state index is -0.511. The van der Waals surface area contributed by atoms with Gasteiger partial charge in [0.1, 0.15) is 12.5 Å². The summed E-state index contributed by atoms with van der Waals surface area (Å²) in [5, 5.41) is 7.03. The summed E-state index contributed by atoms with van der Waals surface area (Å²) in [5.41, 5.74) is 8.25. The highest BCUT2D eigenvalue weighted by Gasteiger charge is 2.22. The zero-order valence-corrected chi connectivity index (χ0v) is 11.2. The molecule has 0 aliphatic carbocycles. The van der Waals surface area contributed by atoms with Gasteiger partial charge >= 0.3 is 0 Å². The first-order valence-corrected chi connectivity index (χ1v) is 6.83. The molecule has 0 atom stereocenters. The number of hydrogen-bond acceptors (Lipinski definition) is 4. The number of anilines is 2. The number of aromatic nitrogens is 3. The molecule has 0 amide bonds. The van der Waals surface area contributed by atoms with E-state index in [9.17, 15) is 4.39 Å². The van der Waals surface area contributed by atoms with Gasteiger partial charge in [-0.25, -0.2) is 4.39 Å². The first kappa shape index (κ1) is 12.9. The minimum Gasteiger partial charge on any atom is -0.384 e. The largest absolute Gasteiger partial charge is 0.384 e. The zero-order valence-electron chi connectivity index (χ0n) is 11.2. The van der Waals surface area contributed by atoms with Crippen LogP contribution in [0.3, 0.4) is 0 Å². The lowest BCUT2D eigenvalue weighted by Crippen LogP contribution is -2.33. The summed E-state index contributed by atoms with van der Waals surface area (Å²) >= 11 is 0. The van der Waals surface area contributed by atoms with Gasteiger partial charge < -0.3 is 10.6 Å². The van der Waals surface area contributed by atoms with Crippen LogP contribution < -0.4 is 10.6 Å². The molecule has 5 nitrogen and oxygen atoms in total. The topological polar surface area (TPSA) is 70.8 Å². The molecular weight excluding hydrogens is 257 g/mol. The maximum Gasteiger partial charge on any atom is 0.131 e. The smallest absolute Gasteiger partial charge is 0.131 e. The first-order valence-electron chi connectivity index (χ1n) is 6.83. The summed E-state index contributed by atoms with van der Waals surface area (Å²) in [4.78, 5) is 6.38. The lowest BCUT2D eigenvalue weighted by molar-refractivity contribution is 0.475. The Kier molecular flexibility index (Phi) is 3.54. The number of pyridine rings is 1. The van der Waals surface area contributed by atoms with E-state index >= 15 is 0 Å². The van der Waals surface area contributed by atoms with E-state index in [4.69, 9.17) is 5.73 Å². The molecular formula is C14H18FN5. The molecule has 1 fully saturated rings. The molecule has 2 aromatic heterocycles. The highest BCUT2D eigenvalue weighted by Crippen LogP contribution is 2.29. The SMILES string of the molecule is Nc1cc(C2CCN(c3ccc(CF)nc3)CC2)n[nH]1. The van der Waals surface area contributed by atoms with Crippen molar-refractivity contribution in [1.82, 2.24) is 15.2 Å². The van der Waals surface area contributed by atoms with Crippen LogP contribution in [0.4, 0.5) is 15.9 Å². The number of aromatic amines is 1. The summed E-state index contributed by atoms with van der Waals surface area (Å²) in [6, 6.07) is 5.60. The molecule has 1 saturated heterocycles. The third-order valence-electron chi connectivity index (χ3n) is 3.84. The number of piperidine rings is 1. The number of nitrogens with two attached hydrogens (primary N) is 1. The Morgan fingerprint density at radius 1 is 1.35 bits per heavy atom. The van der Waals surface area contributed by atoms with Crippen LogP contribution in [-0.4, -0.2) is 28.3 Å². The monoisotopic (exact) mass is 275 g/mol. The van der Waals surface area contributed by atoms with Crippen LogP contribution in [0.25, 0.3) is 0 Å². The van der Waals surface area contributed by atoms with Crippen molar-refractivity contribution in [1.29, 1.82) is 0 Å². The third kappa shape index (κ3) is 2.59. The summed E-state index contributed by atoms with van der Waals surface area (Å²) in [6.07, 6.45) is 3.83. The summed E-state index contributed by atoms with van der Waals surface area (Å²) in [5.74, 6) is 1.08. The molecule has 0 spiro atoms. The molecule has 2 aromatic rings. The Morgan fingerprint density at radius 2 is 2.15 bits per heavy atom. The van der Waals surface area contributed by atoms with Gasteiger partial charge in [0.2, 0.25) is 0 Å². The van der Waals surface area contributed by atoms with Gasteiger partial charge in [-0.1, -0.05) is 0 Å². The van der Waals surface area contributed by atoms with Crippen molar-refractivity contribution in [3.8, 4) is 0 Å². The normalized spacial score (nSPS) is 16.6. The number of hydrogen-bond donors (Lipinski definition) is 2. The molecule has 20 heavy (non-hydrogen) atoms. The van der Waals surface area contributed by atoms with E-state index < -0.39 is 6.67 Å². The predicted molar refractivity (Wildman–Crippen MR) is 76.2 cm³/mol. The molecule has 0 bridgehead atoms. The predicted octanol–water partition coefficient (Wildman–Crippen LogP) is 2.24. The molecule has 6 heteroatoms. The minimum absolute atomic E-state index is 0.456. The fourth-order valence-electron chi connectivity index (χ4n) is 2.68. The lowest BCUT2D eigenvalue weighted by atomic mass is 9.93. The average Bonchev–Trinajstić information content (AvgIpc) is 2.94. The van der Waals surface area contributed by atoms with Crippen LogP contribution in [0, 0.1) is 0 Å². The molecule has 106 valence electrons. The Bertz CT molecular complexity index is 557. The van der Waals surface area contributed by atoms with Crippen LogP contribution in [0.15, 0.2) is 24.4 Å². The van der Waals surface area contributed by atoms with Gasteiger partial charge in [0.15, 0.2) is 0 Å². The van der Waals surface area contributed by atoms with Crippen molar-refractivity contribution >= 4 is 11.5 Å². The lowest BCUT2D eigenvalue weighted by Gasteiger charge is -2.32. The van der Waals surface area contributed by atoms with Gasteiger partial charge in [0.05, 0.1) is 23.3 Å². The fourth-order valence-corrected chi connectivity index (χ4v) is 2.68. The Morgan fingerprint density at radius 3 is 2.70 bits per heavy atom. The molecule has 0 saturated carbocycles. The molecule has 1 aliphatic rings. The van der Waals surface area contributed by atoms with Crippen LogP contribution >= 0.6 is 0 Å². The van der Waals surface area contributed by atoms with E-state index in [1.54, 1.807) is 12.3 Å². The third-order valence-corrected chi connectivity index (χ3v) is 3.84. The molecule has 1 aliphatic heterocycles. The van der Waals surface area contributed by atoms with Crippen molar-refractivity contribution < 1.29 is 4.39 Å². The summed E-state index contributed by atoms with van der Waals surface area (Å²) < 4.78 is 12.4. The van der Waals surface area contributed by atoms with Gasteiger partial charge in [-0.15, -0.1) is 0 Å². The number of nitrogen functional groups attached to an aromatic ring is 1. The zero-order chi connectivity index (χ0) is 13.9. The molecule has 3 heterocycles. The van der Waals surface area contributed by atoms with Crippen molar-refractivity contribution in [3.63, 3.8) is 0 Å². The van der Waals surface area contributed by atoms with Crippen LogP contribution in [0.1, 0.15) is 30.1 Å². The van der Waals surface area contributed by atoms with Gasteiger partial charge in [0.25, 0.3) is 0 Å². The Labute approximate surface area is 117 Å². The van der Waals surface area contributed by atoms with E-state index in [1.165, 1.54) is 0 Å². The van der Waals surface area contributed by atoms with Gasteiger partial charge in [-0.2, -0.15) is 5.10 Å². The van der Waals surface area contributed by atoms with E-state index in [2.05, 4.69) is 20.1 Å². The average molecular weight is 275 g/mol. The maximum absolute atomic E-state index is 12.4. The number of rotatable bonds is 3. The molecule has 0 radical (unpaired) electrons. The number of nitrogens with one attached hydrogen (secondary N) is 1. The molecule has 3 rings (SSSR count). The summed E-state index contributed by atoms with van der Waals surface area (Å²) in [7, 11) is 0. The van der Waals surface area contributed by atoms with Gasteiger partial charge in [-0.05, 0) is 25.0 Å². The fraction of sp³-hybridized carbons (Fsp3) is 0.429. The van der Waals surface area contributed by atoms with Crippen molar-refractivity contribution in [2.75, 3.05) is 23.7 Å². The highest BCUT2D eigenvalue weighted by molar-refractivity contribution is 5.45. The maximum atomic E-state index is 12.4. The standard InChI is InChI=1S/C14H18FN5/c15-8-11-1-2-12(9-17-11)20-5-3-10(4-6-20)13-7-14(16)19-18-13/h1-2,7,9-10H,3-6,8H2,(H3,16,18,19). The van der Waals surface area contributed by atoms with Crippen LogP contribution in [0.2, 0.25) is 0 Å². The number of halogens is 1. The number of alkyl halides is 1. The van der Waals surface area contributed by atoms with Crippen molar-refractivity contribution in [2.24, 2.45) is 0 Å². The molecule has 0 unspecified atom stereocenters. The first-order chi connectivity index (χ1) is 9.76. The summed E-state index contributed by atoms with van der Waals surface area (Å²) in [6.45, 7) is 1.39. The Balaban J connectivity index is 1.63. The molecule has 3 N–H and O–H groups in total. The second-order valence-electron chi connectivity index (χ2n) is 5.15. The van der Waals surface area contributed by atoms with Gasteiger partial charge in [-0.3, -0.25) is 10.1 Å². The van der Waals surface area contributed by atoms with E-state index in [0.717, 1.165) is 37.3 Å². The highest BCUT2D eigenvalue weighted by atomic mass is 19.1. The number of nitrogens with zero attached hydrogens (tertiary/aromatic N) is 3. The van der Waals surface area contributed by atoms with E-state index in [0.29, 0.717) is 17.4 Å². The van der Waals surface area contributed by atoms with E-state index in [1.807, 2.05) is 12.1 Å². The van der Waals surface area contributed by atoms with E-state index in [-0.39, 0.29) is 0 Å². The number of H-pyrrole nitrogens is 1. The Hall–Kier alpha value is -2.11. The molecule has 0 aromatic carbocycles. The van der Waals surface area contributed by atoms with Crippen molar-refractivity contribution in [3.05, 3.63) is 35.8 Å². The second-order valence-corrected chi connectivity index (χ2v) is 5.15. The van der Waals surface area contributed by atoms with Crippen LogP contribution in [-0.2, 0) is 6.67 Å². The van der Waals surface area contributed by atoms with Crippen molar-refractivity contribution in [2.45, 2.75) is 25.4 Å². The van der Waals surface area contributed by atoms with Crippen LogP contribution in [0.5, 0.6) is 0 Å². The quantitative estimate of drug-likeness (QED) is 0.901. The van der Waals surface area contributed by atoms with Gasteiger partial charge in [0, 0.05) is 25.1 Å².